The lowest BCUT2D eigenvalue weighted by Gasteiger charge is -2.08. The van der Waals surface area contributed by atoms with E-state index in [1.54, 1.807) is 20.2 Å². The molecule has 1 rings (SSSR count). The summed E-state index contributed by atoms with van der Waals surface area (Å²) in [5.74, 6) is 0.812. The lowest BCUT2D eigenvalue weighted by Crippen LogP contribution is -2.24. The van der Waals surface area contributed by atoms with Gasteiger partial charge in [0.25, 0.3) is 0 Å². The Morgan fingerprint density at radius 2 is 2.14 bits per heavy atom. The Kier molecular flexibility index (Phi) is 3.34. The molecule has 2 N–H and O–H groups in total. The van der Waals surface area contributed by atoms with Crippen molar-refractivity contribution in [3.63, 3.8) is 0 Å². The zero-order valence-corrected chi connectivity index (χ0v) is 8.55. The van der Waals surface area contributed by atoms with Crippen LogP contribution in [-0.2, 0) is 0 Å². The first-order valence-electron chi connectivity index (χ1n) is 4.30. The Hall–Kier alpha value is -1.71. The summed E-state index contributed by atoms with van der Waals surface area (Å²) in [6.07, 6.45) is 0. The van der Waals surface area contributed by atoms with E-state index >= 15 is 0 Å². The van der Waals surface area contributed by atoms with Crippen molar-refractivity contribution in [1.29, 1.82) is 0 Å². The Labute approximate surface area is 83.3 Å². The van der Waals surface area contributed by atoms with E-state index in [1.807, 2.05) is 19.1 Å². The molecule has 0 bridgehead atoms. The van der Waals surface area contributed by atoms with Gasteiger partial charge in [0.2, 0.25) is 0 Å². The molecule has 14 heavy (non-hydrogen) atoms. The first-order chi connectivity index (χ1) is 6.67. The highest BCUT2D eigenvalue weighted by Crippen LogP contribution is 2.21. The molecule has 0 aliphatic heterocycles. The number of carbonyl (C=O) groups excluding carboxylic acids is 1. The predicted molar refractivity (Wildman–Crippen MR) is 55.8 cm³/mol. The van der Waals surface area contributed by atoms with E-state index < -0.39 is 0 Å². The highest BCUT2D eigenvalue weighted by atomic mass is 16.5. The molecule has 1 aromatic rings. The van der Waals surface area contributed by atoms with Crippen molar-refractivity contribution in [2.45, 2.75) is 6.92 Å². The fraction of sp³-hybridized carbons (Fsp3) is 0.300. The number of urea groups is 1. The molecule has 0 heterocycles. The normalized spacial score (nSPS) is 9.36. The average molecular weight is 194 g/mol. The molecular weight excluding hydrogens is 180 g/mol. The third-order valence-corrected chi connectivity index (χ3v) is 1.88. The SMILES string of the molecule is CNC(=O)Nc1ccc(OC)c(C)c1. The molecule has 2 amide bonds. The second-order valence-electron chi connectivity index (χ2n) is 2.89. The average Bonchev–Trinajstić information content (AvgIpc) is 2.18. The number of amides is 2. The zero-order chi connectivity index (χ0) is 10.6. The van der Waals surface area contributed by atoms with E-state index in [4.69, 9.17) is 4.74 Å². The summed E-state index contributed by atoms with van der Waals surface area (Å²) in [5.41, 5.74) is 1.74. The van der Waals surface area contributed by atoms with Crippen molar-refractivity contribution < 1.29 is 9.53 Å². The van der Waals surface area contributed by atoms with Crippen molar-refractivity contribution in [1.82, 2.24) is 5.32 Å². The van der Waals surface area contributed by atoms with Crippen LogP contribution in [0.1, 0.15) is 5.56 Å². The molecule has 0 saturated carbocycles. The Balaban J connectivity index is 2.81. The molecule has 0 unspecified atom stereocenters. The number of rotatable bonds is 2. The molecule has 0 fully saturated rings. The van der Waals surface area contributed by atoms with Gasteiger partial charge in [-0.2, -0.15) is 0 Å². The first-order valence-corrected chi connectivity index (χ1v) is 4.30. The molecule has 0 atom stereocenters. The van der Waals surface area contributed by atoms with Crippen molar-refractivity contribution in [2.75, 3.05) is 19.5 Å². The number of nitrogens with one attached hydrogen (secondary N) is 2. The summed E-state index contributed by atoms with van der Waals surface area (Å²) in [6.45, 7) is 1.92. The Morgan fingerprint density at radius 3 is 2.64 bits per heavy atom. The number of methoxy groups -OCH3 is 1. The molecule has 0 aliphatic carbocycles. The van der Waals surface area contributed by atoms with Gasteiger partial charge in [-0.25, -0.2) is 4.79 Å². The molecule has 0 radical (unpaired) electrons. The van der Waals surface area contributed by atoms with Gasteiger partial charge in [0.1, 0.15) is 5.75 Å². The third kappa shape index (κ3) is 2.39. The van der Waals surface area contributed by atoms with Gasteiger partial charge in [0.15, 0.2) is 0 Å². The molecule has 0 aliphatic rings. The maximum Gasteiger partial charge on any atom is 0.318 e. The zero-order valence-electron chi connectivity index (χ0n) is 8.55. The van der Waals surface area contributed by atoms with Crippen molar-refractivity contribution >= 4 is 11.7 Å². The van der Waals surface area contributed by atoms with E-state index in [-0.39, 0.29) is 6.03 Å². The van der Waals surface area contributed by atoms with Crippen LogP contribution in [0.15, 0.2) is 18.2 Å². The first kappa shape index (κ1) is 10.4. The van der Waals surface area contributed by atoms with Crippen LogP contribution in [0.4, 0.5) is 10.5 Å². The number of hydrogen-bond donors (Lipinski definition) is 2. The number of anilines is 1. The van der Waals surface area contributed by atoms with Crippen LogP contribution in [-0.4, -0.2) is 20.2 Å². The lowest BCUT2D eigenvalue weighted by molar-refractivity contribution is 0.254. The third-order valence-electron chi connectivity index (χ3n) is 1.88. The van der Waals surface area contributed by atoms with Gasteiger partial charge < -0.3 is 15.4 Å². The summed E-state index contributed by atoms with van der Waals surface area (Å²) < 4.78 is 5.10. The maximum absolute atomic E-state index is 11.0. The van der Waals surface area contributed by atoms with Crippen LogP contribution in [0.25, 0.3) is 0 Å². The van der Waals surface area contributed by atoms with Gasteiger partial charge in [0.05, 0.1) is 7.11 Å². The van der Waals surface area contributed by atoms with Gasteiger partial charge in [-0.15, -0.1) is 0 Å². The molecule has 0 aromatic heterocycles. The minimum atomic E-state index is -0.227. The second kappa shape index (κ2) is 4.50. The molecule has 4 heteroatoms. The van der Waals surface area contributed by atoms with E-state index in [2.05, 4.69) is 10.6 Å². The van der Waals surface area contributed by atoms with Crippen LogP contribution >= 0.6 is 0 Å². The van der Waals surface area contributed by atoms with E-state index in [0.717, 1.165) is 17.0 Å². The minimum Gasteiger partial charge on any atom is -0.496 e. The van der Waals surface area contributed by atoms with Gasteiger partial charge in [-0.05, 0) is 30.7 Å². The standard InChI is InChI=1S/C10H14N2O2/c1-7-6-8(12-10(13)11-2)4-5-9(7)14-3/h4-6H,1-3H3,(H2,11,12,13). The summed E-state index contributed by atoms with van der Waals surface area (Å²) in [6, 6.07) is 5.24. The summed E-state index contributed by atoms with van der Waals surface area (Å²) in [5, 5.41) is 5.16. The molecule has 1 aromatic carbocycles. The van der Waals surface area contributed by atoms with E-state index in [9.17, 15) is 4.79 Å². The van der Waals surface area contributed by atoms with Crippen LogP contribution < -0.4 is 15.4 Å². The Bertz CT molecular complexity index is 337. The summed E-state index contributed by atoms with van der Waals surface area (Å²) in [4.78, 5) is 11.0. The maximum atomic E-state index is 11.0. The lowest BCUT2D eigenvalue weighted by atomic mass is 10.2. The fourth-order valence-electron chi connectivity index (χ4n) is 1.15. The molecule has 4 nitrogen and oxygen atoms in total. The summed E-state index contributed by atoms with van der Waals surface area (Å²) in [7, 11) is 3.19. The smallest absolute Gasteiger partial charge is 0.318 e. The topological polar surface area (TPSA) is 50.4 Å². The molecule has 0 saturated heterocycles. The van der Waals surface area contributed by atoms with Crippen molar-refractivity contribution in [3.05, 3.63) is 23.8 Å². The second-order valence-corrected chi connectivity index (χ2v) is 2.89. The molecule has 76 valence electrons. The highest BCUT2D eigenvalue weighted by molar-refractivity contribution is 5.89. The largest absolute Gasteiger partial charge is 0.496 e. The summed E-state index contributed by atoms with van der Waals surface area (Å²) >= 11 is 0. The number of benzene rings is 1. The minimum absolute atomic E-state index is 0.227. The number of ether oxygens (including phenoxy) is 1. The van der Waals surface area contributed by atoms with E-state index in [0.29, 0.717) is 0 Å². The fourth-order valence-corrected chi connectivity index (χ4v) is 1.15. The van der Waals surface area contributed by atoms with Gasteiger partial charge in [0, 0.05) is 12.7 Å². The van der Waals surface area contributed by atoms with Crippen LogP contribution in [0, 0.1) is 6.92 Å². The predicted octanol–water partition coefficient (Wildman–Crippen LogP) is 1.75. The Morgan fingerprint density at radius 1 is 1.43 bits per heavy atom. The highest BCUT2D eigenvalue weighted by Gasteiger charge is 2.01. The van der Waals surface area contributed by atoms with E-state index in [1.165, 1.54) is 0 Å². The van der Waals surface area contributed by atoms with Crippen LogP contribution in [0.2, 0.25) is 0 Å². The number of carbonyl (C=O) groups is 1. The monoisotopic (exact) mass is 194 g/mol. The van der Waals surface area contributed by atoms with Crippen molar-refractivity contribution in [3.8, 4) is 5.75 Å². The van der Waals surface area contributed by atoms with Crippen LogP contribution in [0.3, 0.4) is 0 Å². The van der Waals surface area contributed by atoms with Gasteiger partial charge in [-0.1, -0.05) is 0 Å². The van der Waals surface area contributed by atoms with Gasteiger partial charge >= 0.3 is 6.03 Å². The van der Waals surface area contributed by atoms with Crippen LogP contribution in [0.5, 0.6) is 5.75 Å². The van der Waals surface area contributed by atoms with Crippen molar-refractivity contribution in [2.24, 2.45) is 0 Å². The molecule has 0 spiro atoms. The number of aryl methyl sites for hydroxylation is 1. The number of hydrogen-bond acceptors (Lipinski definition) is 2. The van der Waals surface area contributed by atoms with Gasteiger partial charge in [-0.3, -0.25) is 0 Å². The molecular formula is C10H14N2O2. The quantitative estimate of drug-likeness (QED) is 0.753.